The van der Waals surface area contributed by atoms with E-state index in [4.69, 9.17) is 0 Å². The second kappa shape index (κ2) is 7.35. The summed E-state index contributed by atoms with van der Waals surface area (Å²) in [5.74, 6) is -0.367. The quantitative estimate of drug-likeness (QED) is 0.581. The van der Waals surface area contributed by atoms with Crippen molar-refractivity contribution in [1.29, 1.82) is 0 Å². The summed E-state index contributed by atoms with van der Waals surface area (Å²) in [6, 6.07) is 16.5. The molecule has 0 spiro atoms. The van der Waals surface area contributed by atoms with E-state index in [1.807, 2.05) is 55.8 Å². The molecule has 0 aliphatic carbocycles. The predicted molar refractivity (Wildman–Crippen MR) is 113 cm³/mol. The topological polar surface area (TPSA) is 81.8 Å². The van der Waals surface area contributed by atoms with E-state index >= 15 is 0 Å². The van der Waals surface area contributed by atoms with Gasteiger partial charge in [-0.1, -0.05) is 24.3 Å². The average Bonchev–Trinajstić information content (AvgIpc) is 3.06. The highest BCUT2D eigenvalue weighted by molar-refractivity contribution is 6.11. The number of rotatable bonds is 4. The largest absolute Gasteiger partial charge is 0.321 e. The molecule has 7 heteroatoms. The van der Waals surface area contributed by atoms with Crippen LogP contribution in [0.1, 0.15) is 28.8 Å². The highest BCUT2D eigenvalue weighted by atomic mass is 16.2. The number of hydrogen-bond donors (Lipinski definition) is 1. The Morgan fingerprint density at radius 2 is 1.76 bits per heavy atom. The zero-order valence-corrected chi connectivity index (χ0v) is 16.5. The molecule has 29 heavy (non-hydrogen) atoms. The van der Waals surface area contributed by atoms with Crippen molar-refractivity contribution in [1.82, 2.24) is 19.6 Å². The van der Waals surface area contributed by atoms with E-state index < -0.39 is 0 Å². The van der Waals surface area contributed by atoms with Gasteiger partial charge in [0.15, 0.2) is 5.69 Å². The molecule has 4 rings (SSSR count). The summed E-state index contributed by atoms with van der Waals surface area (Å²) >= 11 is 0. The van der Waals surface area contributed by atoms with Crippen molar-refractivity contribution in [2.24, 2.45) is 0 Å². The molecular weight excluding hydrogens is 366 g/mol. The summed E-state index contributed by atoms with van der Waals surface area (Å²) in [4.78, 5) is 25.5. The van der Waals surface area contributed by atoms with Gasteiger partial charge in [-0.3, -0.25) is 9.59 Å². The Hall–Kier alpha value is -3.74. The molecule has 0 radical (unpaired) electrons. The number of aromatic nitrogens is 4. The predicted octanol–water partition coefficient (Wildman–Crippen LogP) is 3.47. The molecule has 0 aliphatic rings. The smallest absolute Gasteiger partial charge is 0.276 e. The number of carbonyl (C=O) groups excluding carboxylic acids is 1. The molecule has 0 unspecified atom stereocenters. The van der Waals surface area contributed by atoms with Crippen LogP contribution in [0.15, 0.2) is 59.4 Å². The highest BCUT2D eigenvalue weighted by Gasteiger charge is 2.16. The number of nitrogens with zero attached hydrogens (tertiary/aromatic N) is 4. The van der Waals surface area contributed by atoms with E-state index in [-0.39, 0.29) is 17.2 Å². The van der Waals surface area contributed by atoms with E-state index in [1.54, 1.807) is 24.3 Å². The Bertz CT molecular complexity index is 1290. The molecule has 2 heterocycles. The Labute approximate surface area is 167 Å². The lowest BCUT2D eigenvalue weighted by atomic mass is 10.1. The van der Waals surface area contributed by atoms with Crippen LogP contribution in [0, 0.1) is 13.8 Å². The van der Waals surface area contributed by atoms with Crippen LogP contribution in [0.3, 0.4) is 0 Å². The molecule has 1 N–H and O–H groups in total. The van der Waals surface area contributed by atoms with Crippen molar-refractivity contribution in [2.45, 2.75) is 27.3 Å². The number of nitrogens with one attached hydrogen (secondary N) is 1. The third-order valence-electron chi connectivity index (χ3n) is 4.74. The fraction of sp³-hybridized carbons (Fsp3) is 0.182. The van der Waals surface area contributed by atoms with Crippen LogP contribution in [0.5, 0.6) is 0 Å². The van der Waals surface area contributed by atoms with Gasteiger partial charge in [0.2, 0.25) is 0 Å². The fourth-order valence-electron chi connectivity index (χ4n) is 3.41. The maximum Gasteiger partial charge on any atom is 0.276 e. The number of amides is 1. The lowest BCUT2D eigenvalue weighted by Gasteiger charge is -2.11. The number of aryl methyl sites for hydroxylation is 3. The minimum atomic E-state index is -0.367. The molecule has 0 saturated heterocycles. The molecule has 1 amide bonds. The molecule has 2 aromatic carbocycles. The Morgan fingerprint density at radius 3 is 2.45 bits per heavy atom. The van der Waals surface area contributed by atoms with Gasteiger partial charge in [-0.25, -0.2) is 9.36 Å². The van der Waals surface area contributed by atoms with E-state index in [0.717, 1.165) is 17.1 Å². The van der Waals surface area contributed by atoms with Gasteiger partial charge in [0.05, 0.1) is 16.8 Å². The summed E-state index contributed by atoms with van der Waals surface area (Å²) in [6.07, 6.45) is 0. The number of anilines is 1. The maximum absolute atomic E-state index is 13.0. The van der Waals surface area contributed by atoms with Crippen LogP contribution in [-0.4, -0.2) is 25.5 Å². The zero-order valence-electron chi connectivity index (χ0n) is 16.5. The van der Waals surface area contributed by atoms with Crippen LogP contribution in [0.2, 0.25) is 0 Å². The Balaban J connectivity index is 1.72. The van der Waals surface area contributed by atoms with E-state index in [0.29, 0.717) is 23.0 Å². The van der Waals surface area contributed by atoms with Gasteiger partial charge in [0.25, 0.3) is 11.5 Å². The molecule has 4 aromatic rings. The number of fused-ring (bicyclic) bond motifs is 1. The third-order valence-corrected chi connectivity index (χ3v) is 4.74. The number of carbonyl (C=O) groups is 1. The fourth-order valence-corrected chi connectivity index (χ4v) is 3.41. The number of benzene rings is 2. The van der Waals surface area contributed by atoms with E-state index in [1.165, 1.54) is 4.68 Å². The van der Waals surface area contributed by atoms with E-state index in [2.05, 4.69) is 15.5 Å². The molecule has 0 atom stereocenters. The Kier molecular flexibility index (Phi) is 4.72. The molecule has 0 aliphatic heterocycles. The monoisotopic (exact) mass is 387 g/mol. The van der Waals surface area contributed by atoms with Gasteiger partial charge in [-0.15, -0.1) is 0 Å². The molecule has 0 fully saturated rings. The molecule has 0 bridgehead atoms. The summed E-state index contributed by atoms with van der Waals surface area (Å²) in [5.41, 5.74) is 3.43. The summed E-state index contributed by atoms with van der Waals surface area (Å²) < 4.78 is 3.14. The van der Waals surface area contributed by atoms with Crippen LogP contribution in [0.25, 0.3) is 16.5 Å². The molecule has 146 valence electrons. The first-order chi connectivity index (χ1) is 14.0. The normalized spacial score (nSPS) is 11.0. The van der Waals surface area contributed by atoms with Gasteiger partial charge in [0, 0.05) is 23.3 Å². The van der Waals surface area contributed by atoms with Gasteiger partial charge < -0.3 is 5.32 Å². The average molecular weight is 387 g/mol. The SMILES string of the molecule is CCn1nc(C(=O)Nc2cccc(-n3nc(C)cc3C)c2)c2ccccc2c1=O. The van der Waals surface area contributed by atoms with Crippen molar-refractivity contribution in [3.8, 4) is 5.69 Å². The lowest BCUT2D eigenvalue weighted by molar-refractivity contribution is 0.102. The van der Waals surface area contributed by atoms with Crippen molar-refractivity contribution < 1.29 is 4.79 Å². The minimum absolute atomic E-state index is 0.203. The summed E-state index contributed by atoms with van der Waals surface area (Å²) in [5, 5.41) is 12.7. The van der Waals surface area contributed by atoms with E-state index in [9.17, 15) is 9.59 Å². The minimum Gasteiger partial charge on any atom is -0.321 e. The van der Waals surface area contributed by atoms with Gasteiger partial charge in [0.1, 0.15) is 0 Å². The second-order valence-corrected chi connectivity index (χ2v) is 6.86. The molecule has 2 aromatic heterocycles. The standard InChI is InChI=1S/C22H21N5O2/c1-4-26-22(29)19-11-6-5-10-18(19)20(25-26)21(28)23-16-8-7-9-17(13-16)27-15(3)12-14(2)24-27/h5-13H,4H2,1-3H3,(H,23,28). The Morgan fingerprint density at radius 1 is 1.00 bits per heavy atom. The number of hydrogen-bond acceptors (Lipinski definition) is 4. The van der Waals surface area contributed by atoms with Crippen molar-refractivity contribution in [2.75, 3.05) is 5.32 Å². The van der Waals surface area contributed by atoms with Crippen LogP contribution >= 0.6 is 0 Å². The third kappa shape index (κ3) is 3.42. The summed E-state index contributed by atoms with van der Waals surface area (Å²) in [6.45, 7) is 6.13. The maximum atomic E-state index is 13.0. The van der Waals surface area contributed by atoms with Crippen molar-refractivity contribution in [3.63, 3.8) is 0 Å². The molecular formula is C22H21N5O2. The van der Waals surface area contributed by atoms with Gasteiger partial charge in [-0.05, 0) is 51.1 Å². The van der Waals surface area contributed by atoms with Crippen LogP contribution in [0.4, 0.5) is 5.69 Å². The van der Waals surface area contributed by atoms with Gasteiger partial charge in [-0.2, -0.15) is 10.2 Å². The molecule has 0 saturated carbocycles. The molecule has 7 nitrogen and oxygen atoms in total. The lowest BCUT2D eigenvalue weighted by Crippen LogP contribution is -2.27. The van der Waals surface area contributed by atoms with Crippen molar-refractivity contribution >= 4 is 22.4 Å². The first-order valence-electron chi connectivity index (χ1n) is 9.43. The van der Waals surface area contributed by atoms with Crippen molar-refractivity contribution in [3.05, 3.63) is 82.0 Å². The summed E-state index contributed by atoms with van der Waals surface area (Å²) in [7, 11) is 0. The first-order valence-corrected chi connectivity index (χ1v) is 9.43. The highest BCUT2D eigenvalue weighted by Crippen LogP contribution is 2.19. The van der Waals surface area contributed by atoms with Gasteiger partial charge >= 0.3 is 0 Å². The first kappa shape index (κ1) is 18.6. The zero-order chi connectivity index (χ0) is 20.5. The van der Waals surface area contributed by atoms with Crippen LogP contribution in [-0.2, 0) is 6.54 Å². The second-order valence-electron chi connectivity index (χ2n) is 6.86. The van der Waals surface area contributed by atoms with Crippen LogP contribution < -0.4 is 10.9 Å².